The molecule has 0 bridgehead atoms. The quantitative estimate of drug-likeness (QED) is 0.264. The summed E-state index contributed by atoms with van der Waals surface area (Å²) >= 11 is 0. The zero-order chi connectivity index (χ0) is 25.7. The van der Waals surface area contributed by atoms with Crippen molar-refractivity contribution >= 4 is 23.6 Å². The summed E-state index contributed by atoms with van der Waals surface area (Å²) in [6, 6.07) is 22.5. The molecule has 2 atom stereocenters. The van der Waals surface area contributed by atoms with Crippen molar-refractivity contribution < 1.29 is 28.7 Å². The lowest BCUT2D eigenvalue weighted by atomic mass is 10.1. The van der Waals surface area contributed by atoms with Crippen LogP contribution in [0.25, 0.3) is 0 Å². The Labute approximate surface area is 209 Å². The third kappa shape index (κ3) is 5.86. The normalized spacial score (nSPS) is 15.9. The highest BCUT2D eigenvalue weighted by Gasteiger charge is 2.38. The standard InChI is InChI=1S/C29H27NO6/c1-19-8-10-23(11-9-19)29(34)36-25-14-12-22(13-15-25)26(31)18-35-28(33)24-16-27(32)30(17-24)20(2)21-6-4-3-5-7-21/h3-15,20,24H,16-18H2,1-2H3/t20-,24+/m1/s1. The molecule has 36 heavy (non-hydrogen) atoms. The number of nitrogens with zero attached hydrogens (tertiary/aromatic N) is 1. The molecule has 0 aliphatic carbocycles. The Balaban J connectivity index is 1.28. The average molecular weight is 486 g/mol. The van der Waals surface area contributed by atoms with Crippen LogP contribution >= 0.6 is 0 Å². The predicted molar refractivity (Wildman–Crippen MR) is 133 cm³/mol. The van der Waals surface area contributed by atoms with Gasteiger partial charge >= 0.3 is 11.9 Å². The van der Waals surface area contributed by atoms with Gasteiger partial charge in [-0.3, -0.25) is 14.4 Å². The van der Waals surface area contributed by atoms with Crippen molar-refractivity contribution in [1.29, 1.82) is 0 Å². The van der Waals surface area contributed by atoms with Gasteiger partial charge in [0.1, 0.15) is 5.75 Å². The minimum atomic E-state index is -0.611. The highest BCUT2D eigenvalue weighted by atomic mass is 16.5. The summed E-state index contributed by atoms with van der Waals surface area (Å²) in [5, 5.41) is 0. The third-order valence-electron chi connectivity index (χ3n) is 6.26. The van der Waals surface area contributed by atoms with Gasteiger partial charge in [0.2, 0.25) is 5.91 Å². The van der Waals surface area contributed by atoms with Crippen LogP contribution in [0, 0.1) is 12.8 Å². The lowest BCUT2D eigenvalue weighted by Crippen LogP contribution is -2.30. The number of carbonyl (C=O) groups is 4. The van der Waals surface area contributed by atoms with Crippen LogP contribution in [-0.2, 0) is 14.3 Å². The van der Waals surface area contributed by atoms with Crippen LogP contribution in [0.15, 0.2) is 78.9 Å². The van der Waals surface area contributed by atoms with Crippen LogP contribution in [0.1, 0.15) is 51.2 Å². The SMILES string of the molecule is Cc1ccc(C(=O)Oc2ccc(C(=O)COC(=O)[C@H]3CC(=O)N([C@H](C)c4ccccc4)C3)cc2)cc1. The molecule has 184 valence electrons. The molecule has 4 rings (SSSR count). The van der Waals surface area contributed by atoms with E-state index in [9.17, 15) is 19.2 Å². The van der Waals surface area contributed by atoms with E-state index in [4.69, 9.17) is 9.47 Å². The second-order valence-electron chi connectivity index (χ2n) is 8.84. The molecule has 0 saturated carbocycles. The molecule has 1 amide bonds. The fourth-order valence-corrected chi connectivity index (χ4v) is 4.08. The lowest BCUT2D eigenvalue weighted by molar-refractivity contribution is -0.147. The number of carbonyl (C=O) groups excluding carboxylic acids is 4. The van der Waals surface area contributed by atoms with Crippen molar-refractivity contribution in [2.75, 3.05) is 13.2 Å². The molecule has 0 aromatic heterocycles. The van der Waals surface area contributed by atoms with E-state index in [0.29, 0.717) is 16.9 Å². The Hall–Kier alpha value is -4.26. The number of ether oxygens (including phenoxy) is 2. The molecular weight excluding hydrogens is 458 g/mol. The molecule has 1 heterocycles. The summed E-state index contributed by atoms with van der Waals surface area (Å²) in [4.78, 5) is 51.5. The van der Waals surface area contributed by atoms with E-state index in [0.717, 1.165) is 11.1 Å². The number of benzene rings is 3. The number of aryl methyl sites for hydroxylation is 1. The molecule has 1 aliphatic rings. The van der Waals surface area contributed by atoms with Crippen LogP contribution < -0.4 is 4.74 Å². The summed E-state index contributed by atoms with van der Waals surface area (Å²) in [6.07, 6.45) is 0.0608. The zero-order valence-electron chi connectivity index (χ0n) is 20.2. The second kappa shape index (κ2) is 11.0. The van der Waals surface area contributed by atoms with E-state index in [1.54, 1.807) is 17.0 Å². The van der Waals surface area contributed by atoms with Gasteiger partial charge in [-0.1, -0.05) is 48.0 Å². The number of hydrogen-bond acceptors (Lipinski definition) is 6. The largest absolute Gasteiger partial charge is 0.457 e. The summed E-state index contributed by atoms with van der Waals surface area (Å²) in [5.41, 5.74) is 2.77. The Morgan fingerprint density at radius 1 is 0.917 bits per heavy atom. The number of esters is 2. The highest BCUT2D eigenvalue weighted by molar-refractivity contribution is 5.98. The average Bonchev–Trinajstić information content (AvgIpc) is 3.29. The van der Waals surface area contributed by atoms with Crippen molar-refractivity contribution in [1.82, 2.24) is 4.90 Å². The van der Waals surface area contributed by atoms with Gasteiger partial charge in [0.25, 0.3) is 0 Å². The summed E-state index contributed by atoms with van der Waals surface area (Å²) in [5.74, 6) is -1.88. The van der Waals surface area contributed by atoms with Crippen LogP contribution in [0.2, 0.25) is 0 Å². The Morgan fingerprint density at radius 3 is 2.22 bits per heavy atom. The van der Waals surface area contributed by atoms with Crippen molar-refractivity contribution in [3.8, 4) is 5.75 Å². The molecule has 0 unspecified atom stereocenters. The third-order valence-corrected chi connectivity index (χ3v) is 6.26. The number of amides is 1. The maximum absolute atomic E-state index is 12.6. The van der Waals surface area contributed by atoms with Crippen LogP contribution in [-0.4, -0.2) is 41.7 Å². The van der Waals surface area contributed by atoms with E-state index >= 15 is 0 Å². The van der Waals surface area contributed by atoms with E-state index in [1.807, 2.05) is 56.3 Å². The minimum absolute atomic E-state index is 0.0608. The van der Waals surface area contributed by atoms with E-state index in [1.165, 1.54) is 24.3 Å². The van der Waals surface area contributed by atoms with Crippen molar-refractivity contribution in [2.24, 2.45) is 5.92 Å². The van der Waals surface area contributed by atoms with E-state index in [2.05, 4.69) is 0 Å². The Kier molecular flexibility index (Phi) is 7.59. The number of hydrogen-bond donors (Lipinski definition) is 0. The minimum Gasteiger partial charge on any atom is -0.457 e. The van der Waals surface area contributed by atoms with Crippen LogP contribution in [0.5, 0.6) is 5.75 Å². The predicted octanol–water partition coefficient (Wildman–Crippen LogP) is 4.55. The fraction of sp³-hybridized carbons (Fsp3) is 0.241. The van der Waals surface area contributed by atoms with Crippen molar-refractivity contribution in [3.63, 3.8) is 0 Å². The van der Waals surface area contributed by atoms with Gasteiger partial charge in [-0.2, -0.15) is 0 Å². The Morgan fingerprint density at radius 2 is 1.56 bits per heavy atom. The number of likely N-dealkylation sites (tertiary alicyclic amines) is 1. The van der Waals surface area contributed by atoms with E-state index < -0.39 is 30.2 Å². The van der Waals surface area contributed by atoms with Gasteiger partial charge in [0.05, 0.1) is 17.5 Å². The van der Waals surface area contributed by atoms with Crippen LogP contribution in [0.4, 0.5) is 0 Å². The lowest BCUT2D eigenvalue weighted by Gasteiger charge is -2.25. The topological polar surface area (TPSA) is 90.0 Å². The van der Waals surface area contributed by atoms with Gasteiger partial charge in [0.15, 0.2) is 12.4 Å². The molecule has 0 radical (unpaired) electrons. The molecule has 3 aromatic rings. The van der Waals surface area contributed by atoms with Crippen LogP contribution in [0.3, 0.4) is 0 Å². The number of Topliss-reactive ketones (excluding diaryl/α,β-unsaturated/α-hetero) is 1. The van der Waals surface area contributed by atoms with Gasteiger partial charge in [-0.15, -0.1) is 0 Å². The summed E-state index contributed by atoms with van der Waals surface area (Å²) in [7, 11) is 0. The van der Waals surface area contributed by atoms with Gasteiger partial charge in [-0.25, -0.2) is 4.79 Å². The first kappa shape index (κ1) is 24.9. The summed E-state index contributed by atoms with van der Waals surface area (Å²) in [6.45, 7) is 3.67. The van der Waals surface area contributed by atoms with Gasteiger partial charge in [0, 0.05) is 18.5 Å². The molecule has 7 heteroatoms. The molecule has 1 fully saturated rings. The molecule has 3 aromatic carbocycles. The molecule has 7 nitrogen and oxygen atoms in total. The van der Waals surface area contributed by atoms with Gasteiger partial charge in [-0.05, 0) is 55.8 Å². The van der Waals surface area contributed by atoms with Crippen molar-refractivity contribution in [3.05, 3.63) is 101 Å². The molecule has 0 N–H and O–H groups in total. The van der Waals surface area contributed by atoms with Gasteiger partial charge < -0.3 is 14.4 Å². The fourth-order valence-electron chi connectivity index (χ4n) is 4.08. The Bertz CT molecular complexity index is 1250. The monoisotopic (exact) mass is 485 g/mol. The smallest absolute Gasteiger partial charge is 0.343 e. The molecule has 1 saturated heterocycles. The maximum Gasteiger partial charge on any atom is 0.343 e. The second-order valence-corrected chi connectivity index (χ2v) is 8.84. The molecule has 1 aliphatic heterocycles. The first-order valence-electron chi connectivity index (χ1n) is 11.7. The molecule has 0 spiro atoms. The first-order chi connectivity index (χ1) is 17.3. The van der Waals surface area contributed by atoms with E-state index in [-0.39, 0.29) is 24.9 Å². The number of ketones is 1. The zero-order valence-corrected chi connectivity index (χ0v) is 20.2. The maximum atomic E-state index is 12.6. The summed E-state index contributed by atoms with van der Waals surface area (Å²) < 4.78 is 10.6. The number of rotatable bonds is 8. The van der Waals surface area contributed by atoms with Crippen molar-refractivity contribution in [2.45, 2.75) is 26.3 Å². The highest BCUT2D eigenvalue weighted by Crippen LogP contribution is 2.29. The molecular formula is C29H27NO6. The first-order valence-corrected chi connectivity index (χ1v) is 11.7.